The molecule has 0 saturated heterocycles. The molecule has 78 valence electrons. The first-order valence-corrected chi connectivity index (χ1v) is 5.15. The molecule has 0 spiro atoms. The first kappa shape index (κ1) is 11.5. The molecule has 0 aromatic heterocycles. The van der Waals surface area contributed by atoms with E-state index in [-0.39, 0.29) is 6.04 Å². The third-order valence-corrected chi connectivity index (χ3v) is 2.09. The van der Waals surface area contributed by atoms with Gasteiger partial charge < -0.3 is 5.32 Å². The van der Waals surface area contributed by atoms with Crippen molar-refractivity contribution in [2.24, 2.45) is 0 Å². The van der Waals surface area contributed by atoms with Gasteiger partial charge in [0.1, 0.15) is 0 Å². The first-order valence-electron chi connectivity index (χ1n) is 5.15. The zero-order chi connectivity index (χ0) is 10.9. The van der Waals surface area contributed by atoms with Gasteiger partial charge in [-0.25, -0.2) is 0 Å². The van der Waals surface area contributed by atoms with Gasteiger partial charge in [-0.05, 0) is 12.5 Å². The van der Waals surface area contributed by atoms with Crippen molar-refractivity contribution in [1.82, 2.24) is 5.32 Å². The van der Waals surface area contributed by atoms with Gasteiger partial charge in [0.25, 0.3) is 0 Å². The van der Waals surface area contributed by atoms with Gasteiger partial charge in [-0.15, -0.1) is 0 Å². The summed E-state index contributed by atoms with van der Waals surface area (Å²) in [6.07, 6.45) is 4.70. The van der Waals surface area contributed by atoms with E-state index in [1.54, 1.807) is 0 Å². The smallest absolute Gasteiger partial charge is 0.0638 e. The van der Waals surface area contributed by atoms with E-state index in [1.807, 2.05) is 25.1 Å². The molecule has 0 radical (unpaired) electrons. The molecule has 1 unspecified atom stereocenters. The molecule has 1 N–H and O–H groups in total. The highest BCUT2D eigenvalue weighted by Gasteiger charge is 1.95. The Morgan fingerprint density at radius 2 is 2.13 bits per heavy atom. The zero-order valence-electron chi connectivity index (χ0n) is 8.98. The van der Waals surface area contributed by atoms with Gasteiger partial charge in [-0.1, -0.05) is 42.5 Å². The summed E-state index contributed by atoms with van der Waals surface area (Å²) in [5.41, 5.74) is 1.20. The lowest BCUT2D eigenvalue weighted by molar-refractivity contribution is 0.595. The van der Waals surface area contributed by atoms with Crippen LogP contribution in [0.4, 0.5) is 0 Å². The van der Waals surface area contributed by atoms with Crippen molar-refractivity contribution in [2.75, 3.05) is 6.54 Å². The molecule has 0 aliphatic heterocycles. The Labute approximate surface area is 91.2 Å². The second kappa shape index (κ2) is 6.80. The Hall–Kier alpha value is -1.59. The van der Waals surface area contributed by atoms with Crippen LogP contribution in [0.5, 0.6) is 0 Å². The topological polar surface area (TPSA) is 35.8 Å². The summed E-state index contributed by atoms with van der Waals surface area (Å²) in [5, 5.41) is 11.7. The molecule has 1 atom stereocenters. The van der Waals surface area contributed by atoms with E-state index in [9.17, 15) is 0 Å². The Balaban J connectivity index is 2.26. The molecule has 2 heteroatoms. The maximum atomic E-state index is 8.46. The molecule has 0 aliphatic rings. The quantitative estimate of drug-likeness (QED) is 0.793. The van der Waals surface area contributed by atoms with Gasteiger partial charge in [0.2, 0.25) is 0 Å². The fraction of sp³-hybridized carbons (Fsp3) is 0.308. The Morgan fingerprint density at radius 3 is 2.80 bits per heavy atom. The van der Waals surface area contributed by atoms with Crippen LogP contribution in [0.25, 0.3) is 6.08 Å². The van der Waals surface area contributed by atoms with E-state index in [0.717, 1.165) is 6.54 Å². The van der Waals surface area contributed by atoms with Crippen LogP contribution in [0.2, 0.25) is 0 Å². The molecule has 0 heterocycles. The van der Waals surface area contributed by atoms with Crippen LogP contribution in [0.15, 0.2) is 36.4 Å². The molecule has 0 fully saturated rings. The molecule has 2 nitrogen and oxygen atoms in total. The maximum Gasteiger partial charge on any atom is 0.0638 e. The summed E-state index contributed by atoms with van der Waals surface area (Å²) >= 11 is 0. The number of hydrogen-bond donors (Lipinski definition) is 1. The van der Waals surface area contributed by atoms with Gasteiger partial charge in [-0.3, -0.25) is 0 Å². The number of hydrogen-bond acceptors (Lipinski definition) is 2. The highest BCUT2D eigenvalue weighted by Crippen LogP contribution is 2.00. The first-order chi connectivity index (χ1) is 7.33. The summed E-state index contributed by atoms with van der Waals surface area (Å²) in [6, 6.07) is 12.6. The molecule has 1 rings (SSSR count). The Morgan fingerprint density at radius 1 is 1.40 bits per heavy atom. The SMILES string of the molecule is CC(CC#N)NC/C=C/c1ccccc1. The van der Waals surface area contributed by atoms with Crippen molar-refractivity contribution in [2.45, 2.75) is 19.4 Å². The van der Waals surface area contributed by atoms with E-state index in [4.69, 9.17) is 5.26 Å². The molecule has 1 aromatic rings. The van der Waals surface area contributed by atoms with E-state index < -0.39 is 0 Å². The van der Waals surface area contributed by atoms with Crippen molar-refractivity contribution in [3.8, 4) is 6.07 Å². The van der Waals surface area contributed by atoms with Crippen LogP contribution < -0.4 is 5.32 Å². The van der Waals surface area contributed by atoms with Crippen LogP contribution in [0.3, 0.4) is 0 Å². The number of nitrogens with one attached hydrogen (secondary N) is 1. The van der Waals surface area contributed by atoms with Crippen LogP contribution in [0.1, 0.15) is 18.9 Å². The Kier molecular flexibility index (Phi) is 5.21. The lowest BCUT2D eigenvalue weighted by Crippen LogP contribution is -2.25. The molecule has 1 aromatic carbocycles. The minimum Gasteiger partial charge on any atom is -0.310 e. The molecule has 15 heavy (non-hydrogen) atoms. The molecular weight excluding hydrogens is 184 g/mol. The van der Waals surface area contributed by atoms with Crippen LogP contribution in [-0.2, 0) is 0 Å². The van der Waals surface area contributed by atoms with E-state index in [1.165, 1.54) is 5.56 Å². The van der Waals surface area contributed by atoms with Gasteiger partial charge >= 0.3 is 0 Å². The zero-order valence-corrected chi connectivity index (χ0v) is 8.98. The summed E-state index contributed by atoms with van der Waals surface area (Å²) < 4.78 is 0. The average molecular weight is 200 g/mol. The fourth-order valence-corrected chi connectivity index (χ4v) is 1.24. The molecule has 0 saturated carbocycles. The second-order valence-electron chi connectivity index (χ2n) is 3.48. The fourth-order valence-electron chi connectivity index (χ4n) is 1.24. The Bertz CT molecular complexity index is 335. The highest BCUT2D eigenvalue weighted by atomic mass is 14.9. The van der Waals surface area contributed by atoms with Crippen molar-refractivity contribution in [3.63, 3.8) is 0 Å². The largest absolute Gasteiger partial charge is 0.310 e. The highest BCUT2D eigenvalue weighted by molar-refractivity contribution is 5.48. The molecule has 0 bridgehead atoms. The van der Waals surface area contributed by atoms with E-state index in [2.05, 4.69) is 35.7 Å². The third kappa shape index (κ3) is 4.99. The summed E-state index contributed by atoms with van der Waals surface area (Å²) in [5.74, 6) is 0. The second-order valence-corrected chi connectivity index (χ2v) is 3.48. The van der Waals surface area contributed by atoms with Crippen LogP contribution in [-0.4, -0.2) is 12.6 Å². The van der Waals surface area contributed by atoms with Crippen LogP contribution >= 0.6 is 0 Å². The monoisotopic (exact) mass is 200 g/mol. The normalized spacial score (nSPS) is 12.5. The van der Waals surface area contributed by atoms with E-state index in [0.29, 0.717) is 6.42 Å². The van der Waals surface area contributed by atoms with Crippen molar-refractivity contribution in [3.05, 3.63) is 42.0 Å². The van der Waals surface area contributed by atoms with E-state index >= 15 is 0 Å². The third-order valence-electron chi connectivity index (χ3n) is 2.09. The lowest BCUT2D eigenvalue weighted by Gasteiger charge is -2.06. The minimum atomic E-state index is 0.260. The number of rotatable bonds is 5. The average Bonchev–Trinajstić information content (AvgIpc) is 2.26. The number of nitriles is 1. The van der Waals surface area contributed by atoms with Crippen molar-refractivity contribution < 1.29 is 0 Å². The molecule has 0 aliphatic carbocycles. The molecule has 0 amide bonds. The summed E-state index contributed by atoms with van der Waals surface area (Å²) in [4.78, 5) is 0. The lowest BCUT2D eigenvalue weighted by atomic mass is 10.2. The van der Waals surface area contributed by atoms with Crippen molar-refractivity contribution >= 4 is 6.08 Å². The van der Waals surface area contributed by atoms with Gasteiger partial charge in [0, 0.05) is 12.6 Å². The number of benzene rings is 1. The van der Waals surface area contributed by atoms with Crippen LogP contribution in [0, 0.1) is 11.3 Å². The minimum absolute atomic E-state index is 0.260. The standard InChI is InChI=1S/C13H16N2/c1-12(9-10-14)15-11-5-8-13-6-3-2-4-7-13/h2-8,12,15H,9,11H2,1H3/b8-5+. The molecular formula is C13H16N2. The van der Waals surface area contributed by atoms with Gasteiger partial charge in [-0.2, -0.15) is 5.26 Å². The van der Waals surface area contributed by atoms with Crippen molar-refractivity contribution in [1.29, 1.82) is 5.26 Å². The van der Waals surface area contributed by atoms with Gasteiger partial charge in [0.15, 0.2) is 0 Å². The number of nitrogens with zero attached hydrogens (tertiary/aromatic N) is 1. The predicted octanol–water partition coefficient (Wildman–Crippen LogP) is 2.59. The maximum absolute atomic E-state index is 8.46. The summed E-state index contributed by atoms with van der Waals surface area (Å²) in [6.45, 7) is 2.82. The van der Waals surface area contributed by atoms with Gasteiger partial charge in [0.05, 0.1) is 12.5 Å². The predicted molar refractivity (Wildman–Crippen MR) is 63.2 cm³/mol. The summed E-state index contributed by atoms with van der Waals surface area (Å²) in [7, 11) is 0.